The van der Waals surface area contributed by atoms with Gasteiger partial charge in [-0.1, -0.05) is 30.7 Å². The first-order valence-corrected chi connectivity index (χ1v) is 16.1. The van der Waals surface area contributed by atoms with Crippen molar-refractivity contribution in [3.05, 3.63) is 56.6 Å². The molecule has 3 N–H and O–H groups in total. The number of rotatable bonds is 10. The number of carbonyl (C=O) groups is 3. The summed E-state index contributed by atoms with van der Waals surface area (Å²) >= 11 is 7.13. The third kappa shape index (κ3) is 8.29. The molecule has 1 aromatic heterocycles. The van der Waals surface area contributed by atoms with Crippen molar-refractivity contribution in [3.8, 4) is 0 Å². The van der Waals surface area contributed by atoms with E-state index in [4.69, 9.17) is 11.6 Å². The molecule has 2 aliphatic heterocycles. The number of likely N-dealkylation sites (tertiary alicyclic amines) is 2. The number of benzene rings is 1. The quantitative estimate of drug-likeness (QED) is 0.380. The van der Waals surface area contributed by atoms with Crippen LogP contribution in [-0.2, 0) is 26.0 Å². The smallest absolute Gasteiger partial charge is 0.319 e. The largest absolute Gasteiger partial charge is 0.336 e. The minimum Gasteiger partial charge on any atom is -0.336 e. The Morgan fingerprint density at radius 2 is 1.95 bits per heavy atom. The number of hydrogen-bond donors (Lipinski definition) is 3. The molecule has 10 nitrogen and oxygen atoms in total. The molecule has 2 atom stereocenters. The first-order valence-electron chi connectivity index (χ1n) is 13.3. The van der Waals surface area contributed by atoms with Gasteiger partial charge in [-0.05, 0) is 68.0 Å². The van der Waals surface area contributed by atoms with E-state index in [0.717, 1.165) is 30.2 Å². The maximum atomic E-state index is 13.2. The standard InChI is InChI=1S/C27H34ClN5O5S2/c1-2-19-6-3-7-20(16-19)30-27(36)29-17-21-8-4-14-33(21)25(34)18-32-13-5-9-23(26(32)35)31-40(37,38)15-12-22-10-11-24(28)39-22/h3,6-7,10-12,15-16,21,23,31H,2,4-5,8-9,13-14,17-18H2,1H3,(H2,29,30,36)/t21-,23-/m0/s1. The molecule has 2 saturated heterocycles. The molecule has 0 spiro atoms. The van der Waals surface area contributed by atoms with E-state index in [9.17, 15) is 22.8 Å². The van der Waals surface area contributed by atoms with Crippen LogP contribution >= 0.6 is 22.9 Å². The number of hydrogen-bond acceptors (Lipinski definition) is 6. The second kappa shape index (κ2) is 13.6. The maximum Gasteiger partial charge on any atom is 0.319 e. The summed E-state index contributed by atoms with van der Waals surface area (Å²) in [7, 11) is -3.88. The molecule has 40 heavy (non-hydrogen) atoms. The molecular formula is C27H34ClN5O5S2. The van der Waals surface area contributed by atoms with Crippen LogP contribution in [0, 0.1) is 0 Å². The molecule has 2 aromatic rings. The first kappa shape index (κ1) is 30.0. The molecule has 13 heteroatoms. The number of urea groups is 1. The minimum atomic E-state index is -3.88. The van der Waals surface area contributed by atoms with Gasteiger partial charge >= 0.3 is 6.03 Å². The number of carbonyl (C=O) groups excluding carboxylic acids is 3. The van der Waals surface area contributed by atoms with Crippen molar-refractivity contribution in [2.24, 2.45) is 0 Å². The summed E-state index contributed by atoms with van der Waals surface area (Å²) in [5, 5.41) is 6.70. The fourth-order valence-corrected chi connectivity index (χ4v) is 6.97. The highest BCUT2D eigenvalue weighted by molar-refractivity contribution is 7.92. The summed E-state index contributed by atoms with van der Waals surface area (Å²) in [4.78, 5) is 42.5. The number of piperidine rings is 1. The Labute approximate surface area is 243 Å². The average Bonchev–Trinajstić information content (AvgIpc) is 3.57. The second-order valence-electron chi connectivity index (χ2n) is 9.83. The summed E-state index contributed by atoms with van der Waals surface area (Å²) in [5.74, 6) is -0.634. The van der Waals surface area contributed by atoms with Crippen molar-refractivity contribution in [1.29, 1.82) is 0 Å². The van der Waals surface area contributed by atoms with Gasteiger partial charge in [0.25, 0.3) is 0 Å². The Morgan fingerprint density at radius 3 is 2.70 bits per heavy atom. The van der Waals surface area contributed by atoms with Gasteiger partial charge in [-0.3, -0.25) is 9.59 Å². The van der Waals surface area contributed by atoms with Crippen LogP contribution in [0.25, 0.3) is 6.08 Å². The lowest BCUT2D eigenvalue weighted by atomic mass is 10.1. The molecule has 3 heterocycles. The lowest BCUT2D eigenvalue weighted by Gasteiger charge is -2.34. The first-order chi connectivity index (χ1) is 19.1. The molecule has 0 radical (unpaired) electrons. The normalized spacial score (nSPS) is 19.8. The molecule has 2 aliphatic rings. The lowest BCUT2D eigenvalue weighted by Crippen LogP contribution is -2.55. The maximum absolute atomic E-state index is 13.2. The van der Waals surface area contributed by atoms with Gasteiger partial charge < -0.3 is 20.4 Å². The number of aryl methyl sites for hydroxylation is 1. The van der Waals surface area contributed by atoms with Crippen LogP contribution in [0.3, 0.4) is 0 Å². The van der Waals surface area contributed by atoms with Crippen LogP contribution in [0.1, 0.15) is 43.0 Å². The summed E-state index contributed by atoms with van der Waals surface area (Å²) in [6.45, 7) is 3.13. The molecule has 0 aliphatic carbocycles. The van der Waals surface area contributed by atoms with Gasteiger partial charge in [0, 0.05) is 41.6 Å². The third-order valence-electron chi connectivity index (χ3n) is 6.96. The lowest BCUT2D eigenvalue weighted by molar-refractivity contribution is -0.143. The Morgan fingerprint density at radius 1 is 1.15 bits per heavy atom. The highest BCUT2D eigenvalue weighted by Crippen LogP contribution is 2.23. The Hall–Kier alpha value is -2.93. The second-order valence-corrected chi connectivity index (χ2v) is 13.2. The van der Waals surface area contributed by atoms with E-state index in [1.807, 2.05) is 31.2 Å². The van der Waals surface area contributed by atoms with Gasteiger partial charge in [-0.2, -0.15) is 4.72 Å². The average molecular weight is 608 g/mol. The molecule has 4 amide bonds. The van der Waals surface area contributed by atoms with E-state index in [-0.39, 0.29) is 24.5 Å². The molecular weight excluding hydrogens is 574 g/mol. The predicted octanol–water partition coefficient (Wildman–Crippen LogP) is 3.66. The summed E-state index contributed by atoms with van der Waals surface area (Å²) < 4.78 is 28.1. The van der Waals surface area contributed by atoms with Gasteiger partial charge in [0.15, 0.2) is 0 Å². The molecule has 0 saturated carbocycles. The summed E-state index contributed by atoms with van der Waals surface area (Å²) in [6, 6.07) is 9.55. The summed E-state index contributed by atoms with van der Waals surface area (Å²) in [6.07, 6.45) is 4.77. The Bertz CT molecular complexity index is 1360. The Balaban J connectivity index is 1.28. The van der Waals surface area contributed by atoms with Gasteiger partial charge in [0.05, 0.1) is 10.9 Å². The van der Waals surface area contributed by atoms with Crippen LogP contribution in [0.5, 0.6) is 0 Å². The van der Waals surface area contributed by atoms with Crippen molar-refractivity contribution in [2.45, 2.75) is 51.1 Å². The number of nitrogens with zero attached hydrogens (tertiary/aromatic N) is 2. The van der Waals surface area contributed by atoms with Crippen LogP contribution in [0.15, 0.2) is 41.8 Å². The van der Waals surface area contributed by atoms with Crippen LogP contribution in [-0.4, -0.2) is 74.3 Å². The van der Waals surface area contributed by atoms with Crippen molar-refractivity contribution in [3.63, 3.8) is 0 Å². The third-order valence-corrected chi connectivity index (χ3v) is 9.26. The number of halogens is 1. The summed E-state index contributed by atoms with van der Waals surface area (Å²) in [5.41, 5.74) is 1.82. The van der Waals surface area contributed by atoms with Gasteiger partial charge in [0.2, 0.25) is 21.8 Å². The zero-order valence-electron chi connectivity index (χ0n) is 22.3. The highest BCUT2D eigenvalue weighted by atomic mass is 35.5. The van der Waals surface area contributed by atoms with Crippen molar-refractivity contribution < 1.29 is 22.8 Å². The van der Waals surface area contributed by atoms with E-state index in [0.29, 0.717) is 47.4 Å². The number of amides is 4. The fourth-order valence-electron chi connectivity index (χ4n) is 4.90. The number of anilines is 1. The van der Waals surface area contributed by atoms with E-state index in [1.165, 1.54) is 22.3 Å². The zero-order valence-corrected chi connectivity index (χ0v) is 24.7. The molecule has 216 valence electrons. The molecule has 2 fully saturated rings. The van der Waals surface area contributed by atoms with Crippen LogP contribution in [0.2, 0.25) is 4.34 Å². The number of thiophene rings is 1. The number of sulfonamides is 1. The van der Waals surface area contributed by atoms with Crippen LogP contribution in [0.4, 0.5) is 10.5 Å². The van der Waals surface area contributed by atoms with Gasteiger partial charge in [0.1, 0.15) is 6.04 Å². The van der Waals surface area contributed by atoms with Gasteiger partial charge in [-0.25, -0.2) is 13.2 Å². The van der Waals surface area contributed by atoms with Crippen molar-refractivity contribution in [2.75, 3.05) is 31.5 Å². The van der Waals surface area contributed by atoms with E-state index in [1.54, 1.807) is 17.0 Å². The fraction of sp³-hybridized carbons (Fsp3) is 0.444. The van der Waals surface area contributed by atoms with E-state index >= 15 is 0 Å². The van der Waals surface area contributed by atoms with Crippen molar-refractivity contribution in [1.82, 2.24) is 19.8 Å². The van der Waals surface area contributed by atoms with Crippen LogP contribution < -0.4 is 15.4 Å². The van der Waals surface area contributed by atoms with Crippen molar-refractivity contribution >= 4 is 62.6 Å². The van der Waals surface area contributed by atoms with E-state index < -0.39 is 22.0 Å². The SMILES string of the molecule is CCc1cccc(NC(=O)NC[C@@H]2CCCN2C(=O)CN2CCC[C@H](NS(=O)(=O)C=Cc3ccc(Cl)s3)C2=O)c1. The Kier molecular flexibility index (Phi) is 10.2. The topological polar surface area (TPSA) is 128 Å². The molecule has 0 bridgehead atoms. The molecule has 0 unspecified atom stereocenters. The monoisotopic (exact) mass is 607 g/mol. The minimum absolute atomic E-state index is 0.132. The van der Waals surface area contributed by atoms with Gasteiger partial charge in [-0.15, -0.1) is 11.3 Å². The molecule has 1 aromatic carbocycles. The molecule has 4 rings (SSSR count). The number of nitrogens with one attached hydrogen (secondary N) is 3. The highest BCUT2D eigenvalue weighted by Gasteiger charge is 2.35. The van der Waals surface area contributed by atoms with E-state index in [2.05, 4.69) is 15.4 Å². The zero-order chi connectivity index (χ0) is 28.7. The predicted molar refractivity (Wildman–Crippen MR) is 158 cm³/mol.